The van der Waals surface area contributed by atoms with Gasteiger partial charge in [0, 0.05) is 4.47 Å². The van der Waals surface area contributed by atoms with E-state index in [0.29, 0.717) is 0 Å². The molecule has 4 heteroatoms. The number of amides is 1. The summed E-state index contributed by atoms with van der Waals surface area (Å²) < 4.78 is 6.62. The van der Waals surface area contributed by atoms with Gasteiger partial charge in [0.15, 0.2) is 6.10 Å². The Bertz CT molecular complexity index is 431. The second-order valence-electron chi connectivity index (χ2n) is 3.94. The fourth-order valence-corrected chi connectivity index (χ4v) is 2.31. The van der Waals surface area contributed by atoms with E-state index >= 15 is 0 Å². The molecule has 1 aliphatic heterocycles. The number of fused-ring (bicyclic) bond motifs is 1. The van der Waals surface area contributed by atoms with Crippen molar-refractivity contribution in [2.75, 3.05) is 5.32 Å². The van der Waals surface area contributed by atoms with Crippen LogP contribution in [-0.2, 0) is 11.2 Å². The molecule has 1 unspecified atom stereocenters. The van der Waals surface area contributed by atoms with Crippen molar-refractivity contribution in [2.45, 2.75) is 32.8 Å². The number of aryl methyl sites for hydroxylation is 1. The lowest BCUT2D eigenvalue weighted by atomic mass is 10.1. The zero-order valence-electron chi connectivity index (χ0n) is 9.34. The lowest BCUT2D eigenvalue weighted by Gasteiger charge is -2.25. The van der Waals surface area contributed by atoms with Crippen molar-refractivity contribution in [1.82, 2.24) is 0 Å². The third-order valence-electron chi connectivity index (χ3n) is 2.57. The lowest BCUT2D eigenvalue weighted by molar-refractivity contribution is -0.122. The highest BCUT2D eigenvalue weighted by Crippen LogP contribution is 2.36. The smallest absolute Gasteiger partial charge is 0.265 e. The third kappa shape index (κ3) is 2.07. The molecule has 0 bridgehead atoms. The second kappa shape index (κ2) is 4.45. The average molecular weight is 284 g/mol. The van der Waals surface area contributed by atoms with Gasteiger partial charge in [-0.3, -0.25) is 4.79 Å². The van der Waals surface area contributed by atoms with Crippen LogP contribution < -0.4 is 10.1 Å². The maximum atomic E-state index is 11.5. The molecule has 0 radical (unpaired) electrons. The van der Waals surface area contributed by atoms with Gasteiger partial charge in [0.25, 0.3) is 5.91 Å². The summed E-state index contributed by atoms with van der Waals surface area (Å²) in [5, 5.41) is 2.86. The second-order valence-corrected chi connectivity index (χ2v) is 4.86. The number of rotatable bonds is 2. The van der Waals surface area contributed by atoms with Crippen LogP contribution in [0.5, 0.6) is 5.75 Å². The fraction of sp³-hybridized carbons (Fsp3) is 0.417. The molecule has 1 aromatic rings. The maximum Gasteiger partial charge on any atom is 0.265 e. The summed E-state index contributed by atoms with van der Waals surface area (Å²) in [6.45, 7) is 3.88. The zero-order valence-corrected chi connectivity index (χ0v) is 10.9. The Morgan fingerprint density at radius 2 is 2.25 bits per heavy atom. The molecule has 0 saturated carbocycles. The molecule has 1 aliphatic rings. The first-order chi connectivity index (χ1) is 7.61. The van der Waals surface area contributed by atoms with Crippen LogP contribution in [0.25, 0.3) is 0 Å². The molecule has 3 nitrogen and oxygen atoms in total. The number of anilines is 1. The van der Waals surface area contributed by atoms with Crippen molar-refractivity contribution in [3.63, 3.8) is 0 Å². The van der Waals surface area contributed by atoms with Gasteiger partial charge in [0.1, 0.15) is 5.75 Å². The average Bonchev–Trinajstić information content (AvgIpc) is 2.21. The normalized spacial score (nSPS) is 18.7. The van der Waals surface area contributed by atoms with Crippen LogP contribution in [-0.4, -0.2) is 12.0 Å². The molecular weight excluding hydrogens is 270 g/mol. The van der Waals surface area contributed by atoms with Crippen molar-refractivity contribution in [3.05, 3.63) is 22.2 Å². The van der Waals surface area contributed by atoms with Crippen LogP contribution in [0.1, 0.15) is 25.8 Å². The van der Waals surface area contributed by atoms with Gasteiger partial charge in [-0.2, -0.15) is 0 Å². The Kier molecular flexibility index (Phi) is 3.19. The van der Waals surface area contributed by atoms with Gasteiger partial charge in [-0.1, -0.05) is 29.3 Å². The Balaban J connectivity index is 2.45. The van der Waals surface area contributed by atoms with Gasteiger partial charge in [0.05, 0.1) is 5.69 Å². The van der Waals surface area contributed by atoms with Gasteiger partial charge in [-0.25, -0.2) is 0 Å². The van der Waals surface area contributed by atoms with Crippen LogP contribution >= 0.6 is 15.9 Å². The molecule has 2 rings (SSSR count). The monoisotopic (exact) mass is 283 g/mol. The first-order valence-electron chi connectivity index (χ1n) is 5.41. The molecule has 0 aromatic heterocycles. The predicted molar refractivity (Wildman–Crippen MR) is 66.9 cm³/mol. The summed E-state index contributed by atoms with van der Waals surface area (Å²) in [6.07, 6.45) is 1.59. The number of hydrogen-bond donors (Lipinski definition) is 1. The van der Waals surface area contributed by atoms with Crippen molar-refractivity contribution in [2.24, 2.45) is 0 Å². The number of nitrogens with one attached hydrogen (secondary N) is 1. The first-order valence-corrected chi connectivity index (χ1v) is 6.21. The molecule has 86 valence electrons. The van der Waals surface area contributed by atoms with E-state index in [2.05, 4.69) is 28.2 Å². The molecule has 0 saturated heterocycles. The minimum atomic E-state index is -0.413. The fourth-order valence-electron chi connectivity index (χ4n) is 1.80. The van der Waals surface area contributed by atoms with Crippen molar-refractivity contribution in [3.8, 4) is 5.75 Å². The van der Waals surface area contributed by atoms with Gasteiger partial charge in [-0.05, 0) is 31.0 Å². The standard InChI is InChI=1S/C12H14BrNO2/c1-3-4-8-5-9(13)6-10-11(8)16-7(2)12(15)14-10/h5-7H,3-4H2,1-2H3,(H,14,15). The van der Waals surface area contributed by atoms with Crippen LogP contribution in [0.3, 0.4) is 0 Å². The largest absolute Gasteiger partial charge is 0.478 e. The van der Waals surface area contributed by atoms with E-state index in [4.69, 9.17) is 4.74 Å². The van der Waals surface area contributed by atoms with E-state index in [0.717, 1.165) is 34.3 Å². The van der Waals surface area contributed by atoms with E-state index in [1.54, 1.807) is 6.92 Å². The molecule has 0 spiro atoms. The Morgan fingerprint density at radius 1 is 1.50 bits per heavy atom. The van der Waals surface area contributed by atoms with Crippen LogP contribution in [0.4, 0.5) is 5.69 Å². The summed E-state index contributed by atoms with van der Waals surface area (Å²) in [5.74, 6) is 0.727. The van der Waals surface area contributed by atoms with E-state index in [-0.39, 0.29) is 5.91 Å². The lowest BCUT2D eigenvalue weighted by Crippen LogP contribution is -2.34. The van der Waals surface area contributed by atoms with E-state index < -0.39 is 6.10 Å². The summed E-state index contributed by atoms with van der Waals surface area (Å²) in [7, 11) is 0. The molecular formula is C12H14BrNO2. The van der Waals surface area contributed by atoms with Gasteiger partial charge < -0.3 is 10.1 Å². The number of benzene rings is 1. The molecule has 1 amide bonds. The van der Waals surface area contributed by atoms with Gasteiger partial charge >= 0.3 is 0 Å². The number of carbonyl (C=O) groups is 1. The molecule has 0 fully saturated rings. The Morgan fingerprint density at radius 3 is 2.94 bits per heavy atom. The number of carbonyl (C=O) groups excluding carboxylic acids is 1. The molecule has 1 N–H and O–H groups in total. The number of ether oxygens (including phenoxy) is 1. The quantitative estimate of drug-likeness (QED) is 0.906. The molecule has 0 aliphatic carbocycles. The SMILES string of the molecule is CCCc1cc(Br)cc2c1OC(C)C(=O)N2. The zero-order chi connectivity index (χ0) is 11.7. The van der Waals surface area contributed by atoms with Crippen LogP contribution in [0, 0.1) is 0 Å². The molecule has 1 heterocycles. The maximum absolute atomic E-state index is 11.5. The summed E-state index contributed by atoms with van der Waals surface area (Å²) >= 11 is 3.44. The van der Waals surface area contributed by atoms with Gasteiger partial charge in [0.2, 0.25) is 0 Å². The van der Waals surface area contributed by atoms with E-state index in [1.165, 1.54) is 0 Å². The summed E-state index contributed by atoms with van der Waals surface area (Å²) in [5.41, 5.74) is 1.90. The van der Waals surface area contributed by atoms with Crippen molar-refractivity contribution >= 4 is 27.5 Å². The van der Waals surface area contributed by atoms with Crippen LogP contribution in [0.15, 0.2) is 16.6 Å². The third-order valence-corrected chi connectivity index (χ3v) is 3.03. The van der Waals surface area contributed by atoms with Gasteiger partial charge in [-0.15, -0.1) is 0 Å². The van der Waals surface area contributed by atoms with E-state index in [1.807, 2.05) is 12.1 Å². The highest BCUT2D eigenvalue weighted by Gasteiger charge is 2.25. The number of halogens is 1. The topological polar surface area (TPSA) is 38.3 Å². The Labute approximate surface area is 103 Å². The predicted octanol–water partition coefficient (Wildman–Crippen LogP) is 3.12. The summed E-state index contributed by atoms with van der Waals surface area (Å²) in [6, 6.07) is 3.92. The Hall–Kier alpha value is -1.03. The van der Waals surface area contributed by atoms with Crippen LogP contribution in [0.2, 0.25) is 0 Å². The van der Waals surface area contributed by atoms with Crippen molar-refractivity contribution < 1.29 is 9.53 Å². The number of hydrogen-bond acceptors (Lipinski definition) is 2. The molecule has 16 heavy (non-hydrogen) atoms. The summed E-state index contributed by atoms with van der Waals surface area (Å²) in [4.78, 5) is 11.5. The highest BCUT2D eigenvalue weighted by atomic mass is 79.9. The molecule has 1 atom stereocenters. The first kappa shape index (κ1) is 11.5. The molecule has 1 aromatic carbocycles. The van der Waals surface area contributed by atoms with Crippen molar-refractivity contribution in [1.29, 1.82) is 0 Å². The minimum Gasteiger partial charge on any atom is -0.478 e. The minimum absolute atomic E-state index is 0.0898. The highest BCUT2D eigenvalue weighted by molar-refractivity contribution is 9.10. The van der Waals surface area contributed by atoms with E-state index in [9.17, 15) is 4.79 Å².